The van der Waals surface area contributed by atoms with Crippen LogP contribution in [-0.4, -0.2) is 25.5 Å². The predicted molar refractivity (Wildman–Crippen MR) is 45.5 cm³/mol. The van der Waals surface area contributed by atoms with Crippen LogP contribution in [0.25, 0.3) is 0 Å². The van der Waals surface area contributed by atoms with Gasteiger partial charge in [0.05, 0.1) is 0 Å². The number of carbonyl (C=O) groups excluding carboxylic acids is 1. The summed E-state index contributed by atoms with van der Waals surface area (Å²) in [4.78, 5) is 10.7. The van der Waals surface area contributed by atoms with Crippen LogP contribution in [0.3, 0.4) is 0 Å². The molecule has 0 aromatic carbocycles. The van der Waals surface area contributed by atoms with Crippen molar-refractivity contribution >= 4 is 5.91 Å². The van der Waals surface area contributed by atoms with Gasteiger partial charge in [0.15, 0.2) is 0 Å². The van der Waals surface area contributed by atoms with Gasteiger partial charge in [-0.3, -0.25) is 4.79 Å². The van der Waals surface area contributed by atoms with Gasteiger partial charge < -0.3 is 5.32 Å². The van der Waals surface area contributed by atoms with Crippen molar-refractivity contribution in [3.05, 3.63) is 0 Å². The number of rotatable bonds is 6. The number of hydrogen-bond donors (Lipinski definition) is 1. The molecule has 0 unspecified atom stereocenters. The zero-order chi connectivity index (χ0) is 8.53. The van der Waals surface area contributed by atoms with Crippen molar-refractivity contribution in [2.24, 2.45) is 0 Å². The highest BCUT2D eigenvalue weighted by atomic mass is 16.1. The molecule has 0 aliphatic heterocycles. The highest BCUT2D eigenvalue weighted by Crippen LogP contribution is 1.74. The molecule has 0 spiro atoms. The van der Waals surface area contributed by atoms with E-state index in [1.54, 1.807) is 0 Å². The van der Waals surface area contributed by atoms with Crippen molar-refractivity contribution < 1.29 is 4.79 Å². The molecule has 0 rings (SSSR count). The third kappa shape index (κ3) is 7.33. The van der Waals surface area contributed by atoms with Gasteiger partial charge in [0.1, 0.15) is 0 Å². The largest absolute Gasteiger partial charge is 0.355 e. The Kier molecular flexibility index (Phi) is 7.15. The summed E-state index contributed by atoms with van der Waals surface area (Å²) in [6, 6.07) is 0. The summed E-state index contributed by atoms with van der Waals surface area (Å²) in [7, 11) is 0. The normalized spacial score (nSPS) is 9.64. The minimum atomic E-state index is 0.108. The number of nitrogens with zero attached hydrogens (tertiary/aromatic N) is 1. The fourth-order valence-electron chi connectivity index (χ4n) is 0.669. The molecule has 0 bridgehead atoms. The van der Waals surface area contributed by atoms with E-state index in [0.717, 1.165) is 19.5 Å². The zero-order valence-electron chi connectivity index (χ0n) is 7.39. The molecule has 3 nitrogen and oxygen atoms in total. The van der Waals surface area contributed by atoms with Crippen molar-refractivity contribution in [2.45, 2.75) is 26.7 Å². The molecule has 1 amide bonds. The Bertz CT molecular complexity index is 104. The van der Waals surface area contributed by atoms with E-state index in [1.807, 2.05) is 6.92 Å². The maximum atomic E-state index is 10.7. The highest BCUT2D eigenvalue weighted by Gasteiger charge is 1.93. The number of amides is 1. The second-order valence-electron chi connectivity index (χ2n) is 2.37. The highest BCUT2D eigenvalue weighted by molar-refractivity contribution is 5.75. The van der Waals surface area contributed by atoms with Crippen LogP contribution < -0.4 is 10.6 Å². The summed E-state index contributed by atoms with van der Waals surface area (Å²) in [5.74, 6) is 0.108. The van der Waals surface area contributed by atoms with Crippen LogP contribution in [0.15, 0.2) is 0 Å². The first kappa shape index (κ1) is 10.4. The molecule has 0 aliphatic rings. The summed E-state index contributed by atoms with van der Waals surface area (Å²) >= 11 is 0. The fourth-order valence-corrected chi connectivity index (χ4v) is 0.669. The van der Waals surface area contributed by atoms with E-state index in [-0.39, 0.29) is 5.91 Å². The molecule has 0 aromatic rings. The van der Waals surface area contributed by atoms with Gasteiger partial charge in [0, 0.05) is 26.1 Å². The fraction of sp³-hybridized carbons (Fsp3) is 0.875. The van der Waals surface area contributed by atoms with Crippen molar-refractivity contribution in [1.29, 1.82) is 0 Å². The lowest BCUT2D eigenvalue weighted by Crippen LogP contribution is -2.28. The maximum absolute atomic E-state index is 10.7. The molecule has 0 fully saturated rings. The van der Waals surface area contributed by atoms with Crippen LogP contribution >= 0.6 is 0 Å². The summed E-state index contributed by atoms with van der Waals surface area (Å²) in [5.41, 5.74) is 0. The summed E-state index contributed by atoms with van der Waals surface area (Å²) < 4.78 is 0. The minimum absolute atomic E-state index is 0.108. The van der Waals surface area contributed by atoms with Gasteiger partial charge in [-0.05, 0) is 6.42 Å². The molecular formula is C8H17N2O. The molecule has 0 aromatic heterocycles. The standard InChI is InChI=1S/C8H17N2O/c1-3-5-9-6-7-10-8(11)4-2/h3-7H2,1-2H3,(H,10,11). The van der Waals surface area contributed by atoms with E-state index in [4.69, 9.17) is 0 Å². The van der Waals surface area contributed by atoms with Crippen LogP contribution in [0, 0.1) is 0 Å². The van der Waals surface area contributed by atoms with Crippen LogP contribution in [0.1, 0.15) is 26.7 Å². The third-order valence-electron chi connectivity index (χ3n) is 1.29. The lowest BCUT2D eigenvalue weighted by atomic mass is 10.4. The van der Waals surface area contributed by atoms with E-state index >= 15 is 0 Å². The van der Waals surface area contributed by atoms with Crippen molar-refractivity contribution in [3.63, 3.8) is 0 Å². The van der Waals surface area contributed by atoms with E-state index in [0.29, 0.717) is 13.0 Å². The van der Waals surface area contributed by atoms with E-state index < -0.39 is 0 Å². The van der Waals surface area contributed by atoms with Crippen molar-refractivity contribution in [1.82, 2.24) is 10.6 Å². The van der Waals surface area contributed by atoms with Crippen LogP contribution in [0.2, 0.25) is 0 Å². The SMILES string of the molecule is CCC[N]CCNC(=O)CC. The Morgan fingerprint density at radius 3 is 2.64 bits per heavy atom. The molecule has 0 atom stereocenters. The molecule has 0 heterocycles. The van der Waals surface area contributed by atoms with Gasteiger partial charge >= 0.3 is 0 Å². The Balaban J connectivity index is 2.95. The van der Waals surface area contributed by atoms with Gasteiger partial charge in [-0.15, -0.1) is 0 Å². The van der Waals surface area contributed by atoms with Gasteiger partial charge in [-0.25, -0.2) is 5.32 Å². The average Bonchev–Trinajstić information content (AvgIpc) is 2.04. The Hall–Kier alpha value is -0.570. The Morgan fingerprint density at radius 2 is 2.09 bits per heavy atom. The molecule has 1 radical (unpaired) electrons. The van der Waals surface area contributed by atoms with Crippen molar-refractivity contribution in [2.75, 3.05) is 19.6 Å². The Morgan fingerprint density at radius 1 is 1.36 bits per heavy atom. The van der Waals surface area contributed by atoms with E-state index in [1.165, 1.54) is 0 Å². The van der Waals surface area contributed by atoms with Gasteiger partial charge in [0.2, 0.25) is 5.91 Å². The smallest absolute Gasteiger partial charge is 0.219 e. The van der Waals surface area contributed by atoms with Gasteiger partial charge in [-0.2, -0.15) is 0 Å². The second-order valence-corrected chi connectivity index (χ2v) is 2.37. The quantitative estimate of drug-likeness (QED) is 0.561. The molecule has 3 heteroatoms. The molecule has 0 saturated heterocycles. The Labute approximate surface area is 68.6 Å². The molecule has 0 aliphatic carbocycles. The molecule has 0 saturated carbocycles. The topological polar surface area (TPSA) is 43.2 Å². The van der Waals surface area contributed by atoms with E-state index in [2.05, 4.69) is 17.6 Å². The van der Waals surface area contributed by atoms with Gasteiger partial charge in [-0.1, -0.05) is 13.8 Å². The molecular weight excluding hydrogens is 140 g/mol. The lowest BCUT2D eigenvalue weighted by Gasteiger charge is -2.02. The van der Waals surface area contributed by atoms with Crippen molar-refractivity contribution in [3.8, 4) is 0 Å². The van der Waals surface area contributed by atoms with E-state index in [9.17, 15) is 4.79 Å². The number of hydrogen-bond acceptors (Lipinski definition) is 1. The maximum Gasteiger partial charge on any atom is 0.219 e. The third-order valence-corrected chi connectivity index (χ3v) is 1.29. The monoisotopic (exact) mass is 157 g/mol. The van der Waals surface area contributed by atoms with Crippen LogP contribution in [0.4, 0.5) is 0 Å². The van der Waals surface area contributed by atoms with Crippen LogP contribution in [-0.2, 0) is 4.79 Å². The summed E-state index contributed by atoms with van der Waals surface area (Å²) in [5, 5.41) is 6.94. The second kappa shape index (κ2) is 7.54. The minimum Gasteiger partial charge on any atom is -0.355 e. The van der Waals surface area contributed by atoms with Gasteiger partial charge in [0.25, 0.3) is 0 Å². The summed E-state index contributed by atoms with van der Waals surface area (Å²) in [6.07, 6.45) is 1.65. The first-order chi connectivity index (χ1) is 5.31. The molecule has 65 valence electrons. The molecule has 1 N–H and O–H groups in total. The summed E-state index contributed by atoms with van der Waals surface area (Å²) in [6.45, 7) is 6.28. The zero-order valence-corrected chi connectivity index (χ0v) is 7.39. The first-order valence-corrected chi connectivity index (χ1v) is 4.21. The average molecular weight is 157 g/mol. The first-order valence-electron chi connectivity index (χ1n) is 4.21. The molecule has 11 heavy (non-hydrogen) atoms. The predicted octanol–water partition coefficient (Wildman–Crippen LogP) is 0.527. The lowest BCUT2D eigenvalue weighted by molar-refractivity contribution is -0.120. The van der Waals surface area contributed by atoms with Crippen LogP contribution in [0.5, 0.6) is 0 Å². The number of nitrogens with one attached hydrogen (secondary N) is 1. The number of carbonyl (C=O) groups is 1.